The number of halogens is 1. The normalized spacial score (nSPS) is 20.5. The Morgan fingerprint density at radius 1 is 1.09 bits per heavy atom. The lowest BCUT2D eigenvalue weighted by atomic mass is 10.0. The summed E-state index contributed by atoms with van der Waals surface area (Å²) >= 11 is 5.91. The van der Waals surface area contributed by atoms with Crippen LogP contribution in [0.2, 0.25) is 5.02 Å². The van der Waals surface area contributed by atoms with Crippen LogP contribution >= 0.6 is 11.6 Å². The number of hydrogen-bond donors (Lipinski definition) is 3. The first kappa shape index (κ1) is 16.0. The Kier molecular flexibility index (Phi) is 4.66. The zero-order chi connectivity index (χ0) is 16.4. The van der Waals surface area contributed by atoms with Gasteiger partial charge in [-0.05, 0) is 61.2 Å². The molecule has 5 heteroatoms. The van der Waals surface area contributed by atoms with Crippen LogP contribution in [0.3, 0.4) is 0 Å². The highest BCUT2D eigenvalue weighted by molar-refractivity contribution is 6.30. The SMILES string of the molecule is Cc1ccc(NC(=O)C2CC(c3ccc(Cl)cc3)NN2)cc1C. The summed E-state index contributed by atoms with van der Waals surface area (Å²) in [6.07, 6.45) is 0.693. The summed E-state index contributed by atoms with van der Waals surface area (Å²) in [6, 6.07) is 13.5. The van der Waals surface area contributed by atoms with Crippen LogP contribution in [-0.2, 0) is 4.79 Å². The van der Waals surface area contributed by atoms with Crippen LogP contribution in [0.1, 0.15) is 29.2 Å². The lowest BCUT2D eigenvalue weighted by molar-refractivity contribution is -0.117. The number of nitrogens with one attached hydrogen (secondary N) is 3. The third kappa shape index (κ3) is 3.72. The quantitative estimate of drug-likeness (QED) is 0.807. The fraction of sp³-hybridized carbons (Fsp3) is 0.278. The van der Waals surface area contributed by atoms with E-state index in [4.69, 9.17) is 11.6 Å². The molecule has 2 aromatic rings. The smallest absolute Gasteiger partial charge is 0.242 e. The molecule has 1 aliphatic rings. The van der Waals surface area contributed by atoms with E-state index < -0.39 is 0 Å². The molecule has 2 unspecified atom stereocenters. The second-order valence-corrected chi connectivity index (χ2v) is 6.41. The second kappa shape index (κ2) is 6.71. The van der Waals surface area contributed by atoms with Gasteiger partial charge in [-0.2, -0.15) is 0 Å². The first-order chi connectivity index (χ1) is 11.0. The van der Waals surface area contributed by atoms with Crippen LogP contribution in [0.5, 0.6) is 0 Å². The zero-order valence-electron chi connectivity index (χ0n) is 13.2. The van der Waals surface area contributed by atoms with Crippen molar-refractivity contribution in [3.63, 3.8) is 0 Å². The Morgan fingerprint density at radius 2 is 1.83 bits per heavy atom. The van der Waals surface area contributed by atoms with Crippen molar-refractivity contribution < 1.29 is 4.79 Å². The average molecular weight is 330 g/mol. The monoisotopic (exact) mass is 329 g/mol. The highest BCUT2D eigenvalue weighted by Crippen LogP contribution is 2.24. The molecule has 0 saturated carbocycles. The van der Waals surface area contributed by atoms with Gasteiger partial charge >= 0.3 is 0 Å². The van der Waals surface area contributed by atoms with E-state index in [2.05, 4.69) is 23.1 Å². The Hall–Kier alpha value is -1.88. The Balaban J connectivity index is 1.63. The summed E-state index contributed by atoms with van der Waals surface area (Å²) in [5.41, 5.74) is 10.6. The van der Waals surface area contributed by atoms with Crippen LogP contribution < -0.4 is 16.2 Å². The highest BCUT2D eigenvalue weighted by Gasteiger charge is 2.30. The third-order valence-electron chi connectivity index (χ3n) is 4.27. The Labute approximate surface area is 141 Å². The Morgan fingerprint density at radius 3 is 2.52 bits per heavy atom. The number of carbonyl (C=O) groups is 1. The number of benzene rings is 2. The van der Waals surface area contributed by atoms with Gasteiger partial charge in [-0.15, -0.1) is 0 Å². The molecule has 3 rings (SSSR count). The van der Waals surface area contributed by atoms with Crippen LogP contribution in [0.25, 0.3) is 0 Å². The summed E-state index contributed by atoms with van der Waals surface area (Å²) in [5.74, 6) is -0.0304. The molecule has 0 bridgehead atoms. The summed E-state index contributed by atoms with van der Waals surface area (Å²) in [4.78, 5) is 12.4. The molecule has 0 radical (unpaired) electrons. The predicted octanol–water partition coefficient (Wildman–Crippen LogP) is 3.50. The molecule has 4 nitrogen and oxygen atoms in total. The van der Waals surface area contributed by atoms with Crippen molar-refractivity contribution in [2.24, 2.45) is 0 Å². The summed E-state index contributed by atoms with van der Waals surface area (Å²) < 4.78 is 0. The summed E-state index contributed by atoms with van der Waals surface area (Å²) in [6.45, 7) is 4.09. The van der Waals surface area contributed by atoms with Crippen molar-refractivity contribution in [1.82, 2.24) is 10.9 Å². The molecule has 2 atom stereocenters. The fourth-order valence-electron chi connectivity index (χ4n) is 2.69. The molecular formula is C18H20ClN3O. The minimum absolute atomic E-state index is 0.0304. The first-order valence-corrected chi connectivity index (χ1v) is 8.05. The maximum atomic E-state index is 12.4. The molecule has 1 heterocycles. The van der Waals surface area contributed by atoms with Gasteiger partial charge in [-0.3, -0.25) is 4.79 Å². The van der Waals surface area contributed by atoms with Crippen molar-refractivity contribution in [3.8, 4) is 0 Å². The van der Waals surface area contributed by atoms with Crippen LogP contribution in [-0.4, -0.2) is 11.9 Å². The molecule has 2 aromatic carbocycles. The topological polar surface area (TPSA) is 53.2 Å². The first-order valence-electron chi connectivity index (χ1n) is 7.67. The predicted molar refractivity (Wildman–Crippen MR) is 93.4 cm³/mol. The number of aryl methyl sites for hydroxylation is 2. The molecule has 1 saturated heterocycles. The van der Waals surface area contributed by atoms with Crippen molar-refractivity contribution in [1.29, 1.82) is 0 Å². The molecule has 1 fully saturated rings. The van der Waals surface area contributed by atoms with Crippen molar-refractivity contribution >= 4 is 23.2 Å². The van der Waals surface area contributed by atoms with Gasteiger partial charge in [0.1, 0.15) is 6.04 Å². The molecule has 120 valence electrons. The van der Waals surface area contributed by atoms with E-state index in [-0.39, 0.29) is 18.0 Å². The summed E-state index contributed by atoms with van der Waals surface area (Å²) in [7, 11) is 0. The molecule has 1 aliphatic heterocycles. The van der Waals surface area contributed by atoms with E-state index in [1.54, 1.807) is 0 Å². The molecular weight excluding hydrogens is 310 g/mol. The average Bonchev–Trinajstić information content (AvgIpc) is 3.02. The van der Waals surface area contributed by atoms with Crippen molar-refractivity contribution in [2.45, 2.75) is 32.4 Å². The van der Waals surface area contributed by atoms with E-state index in [1.807, 2.05) is 49.4 Å². The van der Waals surface area contributed by atoms with Crippen molar-refractivity contribution in [2.75, 3.05) is 5.32 Å². The zero-order valence-corrected chi connectivity index (χ0v) is 13.9. The third-order valence-corrected chi connectivity index (χ3v) is 4.52. The maximum absolute atomic E-state index is 12.4. The minimum atomic E-state index is -0.266. The van der Waals surface area contributed by atoms with Gasteiger partial charge in [0.05, 0.1) is 0 Å². The van der Waals surface area contributed by atoms with Crippen molar-refractivity contribution in [3.05, 3.63) is 64.2 Å². The van der Waals surface area contributed by atoms with Gasteiger partial charge < -0.3 is 5.32 Å². The standard InChI is InChI=1S/C18H20ClN3O/c1-11-3-8-15(9-12(11)2)20-18(23)17-10-16(21-22-17)13-4-6-14(19)7-5-13/h3-9,16-17,21-22H,10H2,1-2H3,(H,20,23). The Bertz CT molecular complexity index is 715. The highest BCUT2D eigenvalue weighted by atomic mass is 35.5. The van der Waals surface area contributed by atoms with Gasteiger partial charge in [-0.25, -0.2) is 10.9 Å². The minimum Gasteiger partial charge on any atom is -0.325 e. The summed E-state index contributed by atoms with van der Waals surface area (Å²) in [5, 5.41) is 3.68. The number of carbonyl (C=O) groups excluding carboxylic acids is 1. The lowest BCUT2D eigenvalue weighted by Crippen LogP contribution is -2.39. The van der Waals surface area contributed by atoms with Gasteiger partial charge in [0.15, 0.2) is 0 Å². The molecule has 0 spiro atoms. The van der Waals surface area contributed by atoms with E-state index in [0.29, 0.717) is 11.4 Å². The van der Waals surface area contributed by atoms with E-state index in [1.165, 1.54) is 11.1 Å². The van der Waals surface area contributed by atoms with E-state index in [0.717, 1.165) is 11.3 Å². The van der Waals surface area contributed by atoms with Gasteiger partial charge in [0, 0.05) is 16.8 Å². The number of hydrogen-bond acceptors (Lipinski definition) is 3. The molecule has 1 amide bonds. The van der Waals surface area contributed by atoms with Gasteiger partial charge in [0.25, 0.3) is 0 Å². The van der Waals surface area contributed by atoms with E-state index >= 15 is 0 Å². The molecule has 3 N–H and O–H groups in total. The number of anilines is 1. The van der Waals surface area contributed by atoms with Crippen LogP contribution in [0.4, 0.5) is 5.69 Å². The molecule has 0 aliphatic carbocycles. The van der Waals surface area contributed by atoms with Gasteiger partial charge in [0.2, 0.25) is 5.91 Å². The fourth-order valence-corrected chi connectivity index (χ4v) is 2.82. The van der Waals surface area contributed by atoms with Crippen LogP contribution in [0, 0.1) is 13.8 Å². The van der Waals surface area contributed by atoms with Crippen LogP contribution in [0.15, 0.2) is 42.5 Å². The lowest BCUT2D eigenvalue weighted by Gasteiger charge is -2.12. The number of hydrazine groups is 1. The van der Waals surface area contributed by atoms with E-state index in [9.17, 15) is 4.79 Å². The number of rotatable bonds is 3. The molecule has 0 aromatic heterocycles. The maximum Gasteiger partial charge on any atom is 0.242 e. The largest absolute Gasteiger partial charge is 0.325 e. The van der Waals surface area contributed by atoms with Gasteiger partial charge in [-0.1, -0.05) is 29.8 Å². The number of amides is 1. The molecule has 23 heavy (non-hydrogen) atoms. The second-order valence-electron chi connectivity index (χ2n) is 5.97.